The number of phenolic OH excluding ortho intramolecular Hbond substituents is 1. The van der Waals surface area contributed by atoms with Crippen molar-refractivity contribution >= 4 is 18.1 Å². The number of ether oxygens (including phenoxy) is 1. The van der Waals surface area contributed by atoms with Gasteiger partial charge in [-0.15, -0.1) is 12.4 Å². The number of halogens is 1. The highest BCUT2D eigenvalue weighted by atomic mass is 35.5. The predicted molar refractivity (Wildman–Crippen MR) is 59.7 cm³/mol. The molecule has 0 aromatic heterocycles. The summed E-state index contributed by atoms with van der Waals surface area (Å²) in [7, 11) is 0. The zero-order valence-electron chi connectivity index (χ0n) is 8.36. The third kappa shape index (κ3) is 3.85. The first-order valence-corrected chi connectivity index (χ1v) is 4.28. The molecule has 0 unspecified atom stereocenters. The lowest BCUT2D eigenvalue weighted by Crippen LogP contribution is -2.02. The summed E-state index contributed by atoms with van der Waals surface area (Å²) in [5.41, 5.74) is 6.94. The highest BCUT2D eigenvalue weighted by molar-refractivity contribution is 5.85. The molecule has 14 heavy (non-hydrogen) atoms. The average Bonchev–Trinajstić information content (AvgIpc) is 2.06. The number of benzene rings is 1. The third-order valence-electron chi connectivity index (χ3n) is 1.68. The molecule has 1 aromatic carbocycles. The molecule has 0 radical (unpaired) electrons. The topological polar surface area (TPSA) is 55.5 Å². The Morgan fingerprint density at radius 2 is 2.07 bits per heavy atom. The summed E-state index contributed by atoms with van der Waals surface area (Å²) in [5, 5.41) is 9.41. The SMILES string of the molecule is CC(C)OCc1cc(N)ccc1O.Cl. The molecule has 0 bridgehead atoms. The Hall–Kier alpha value is -0.930. The van der Waals surface area contributed by atoms with Crippen molar-refractivity contribution in [1.29, 1.82) is 0 Å². The standard InChI is InChI=1S/C10H15NO2.ClH/c1-7(2)13-6-8-5-9(11)3-4-10(8)12;/h3-5,7,12H,6,11H2,1-2H3;1H. The molecular weight excluding hydrogens is 202 g/mol. The molecule has 0 amide bonds. The van der Waals surface area contributed by atoms with Crippen LogP contribution in [-0.4, -0.2) is 11.2 Å². The first-order chi connectivity index (χ1) is 6.09. The van der Waals surface area contributed by atoms with Crippen molar-refractivity contribution in [2.45, 2.75) is 26.6 Å². The maximum atomic E-state index is 9.41. The van der Waals surface area contributed by atoms with Gasteiger partial charge in [0.1, 0.15) is 5.75 Å². The Kier molecular flexibility index (Phi) is 5.35. The second-order valence-electron chi connectivity index (χ2n) is 3.25. The first-order valence-electron chi connectivity index (χ1n) is 4.28. The number of hydrogen-bond donors (Lipinski definition) is 2. The van der Waals surface area contributed by atoms with Crippen molar-refractivity contribution in [3.05, 3.63) is 23.8 Å². The summed E-state index contributed by atoms with van der Waals surface area (Å²) < 4.78 is 5.35. The van der Waals surface area contributed by atoms with Crippen molar-refractivity contribution < 1.29 is 9.84 Å². The number of rotatable bonds is 3. The number of aromatic hydroxyl groups is 1. The molecule has 0 saturated heterocycles. The number of nitrogen functional groups attached to an aromatic ring is 1. The minimum absolute atomic E-state index is 0. The molecular formula is C10H16ClNO2. The van der Waals surface area contributed by atoms with Gasteiger partial charge in [0.05, 0.1) is 12.7 Å². The lowest BCUT2D eigenvalue weighted by molar-refractivity contribution is 0.0645. The molecule has 0 fully saturated rings. The Balaban J connectivity index is 0.00000169. The van der Waals surface area contributed by atoms with Crippen LogP contribution in [0.15, 0.2) is 18.2 Å². The van der Waals surface area contributed by atoms with E-state index in [0.717, 1.165) is 5.56 Å². The Morgan fingerprint density at radius 1 is 1.43 bits per heavy atom. The van der Waals surface area contributed by atoms with Crippen LogP contribution in [0.4, 0.5) is 5.69 Å². The molecule has 80 valence electrons. The molecule has 1 rings (SSSR count). The maximum absolute atomic E-state index is 9.41. The van der Waals surface area contributed by atoms with E-state index in [1.54, 1.807) is 18.2 Å². The van der Waals surface area contributed by atoms with E-state index in [0.29, 0.717) is 12.3 Å². The number of phenols is 1. The molecule has 3 N–H and O–H groups in total. The van der Waals surface area contributed by atoms with Crippen LogP contribution in [0.25, 0.3) is 0 Å². The van der Waals surface area contributed by atoms with Crippen LogP contribution in [0.2, 0.25) is 0 Å². The summed E-state index contributed by atoms with van der Waals surface area (Å²) in [5.74, 6) is 0.231. The highest BCUT2D eigenvalue weighted by Crippen LogP contribution is 2.20. The minimum Gasteiger partial charge on any atom is -0.508 e. The van der Waals surface area contributed by atoms with E-state index in [2.05, 4.69) is 0 Å². The van der Waals surface area contributed by atoms with Crippen molar-refractivity contribution in [2.75, 3.05) is 5.73 Å². The third-order valence-corrected chi connectivity index (χ3v) is 1.68. The molecule has 0 aliphatic heterocycles. The van der Waals surface area contributed by atoms with Gasteiger partial charge in [-0.05, 0) is 32.0 Å². The Morgan fingerprint density at radius 3 is 2.64 bits per heavy atom. The second-order valence-corrected chi connectivity index (χ2v) is 3.25. The zero-order chi connectivity index (χ0) is 9.84. The zero-order valence-corrected chi connectivity index (χ0v) is 9.17. The van der Waals surface area contributed by atoms with Crippen LogP contribution >= 0.6 is 12.4 Å². The average molecular weight is 218 g/mol. The van der Waals surface area contributed by atoms with Gasteiger partial charge in [0.15, 0.2) is 0 Å². The fourth-order valence-corrected chi connectivity index (χ4v) is 0.977. The highest BCUT2D eigenvalue weighted by Gasteiger charge is 2.02. The van der Waals surface area contributed by atoms with Gasteiger partial charge in [0.2, 0.25) is 0 Å². The molecule has 0 aliphatic carbocycles. The maximum Gasteiger partial charge on any atom is 0.121 e. The van der Waals surface area contributed by atoms with E-state index in [4.69, 9.17) is 10.5 Å². The fourth-order valence-electron chi connectivity index (χ4n) is 0.977. The Bertz CT molecular complexity index is 289. The van der Waals surface area contributed by atoms with Crippen LogP contribution in [0.5, 0.6) is 5.75 Å². The molecule has 0 saturated carbocycles. The molecule has 0 heterocycles. The largest absolute Gasteiger partial charge is 0.508 e. The van der Waals surface area contributed by atoms with Gasteiger partial charge in [-0.25, -0.2) is 0 Å². The molecule has 0 spiro atoms. The van der Waals surface area contributed by atoms with Crippen LogP contribution in [0, 0.1) is 0 Å². The summed E-state index contributed by atoms with van der Waals surface area (Å²) in [6, 6.07) is 4.96. The van der Waals surface area contributed by atoms with E-state index >= 15 is 0 Å². The summed E-state index contributed by atoms with van der Waals surface area (Å²) in [4.78, 5) is 0. The van der Waals surface area contributed by atoms with Crippen LogP contribution in [0.3, 0.4) is 0 Å². The smallest absolute Gasteiger partial charge is 0.121 e. The van der Waals surface area contributed by atoms with Crippen molar-refractivity contribution in [2.24, 2.45) is 0 Å². The van der Waals surface area contributed by atoms with E-state index in [-0.39, 0.29) is 24.3 Å². The van der Waals surface area contributed by atoms with Crippen LogP contribution in [-0.2, 0) is 11.3 Å². The molecule has 1 aromatic rings. The number of hydrogen-bond acceptors (Lipinski definition) is 3. The molecule has 0 aliphatic rings. The minimum atomic E-state index is 0. The normalized spacial score (nSPS) is 9.93. The van der Waals surface area contributed by atoms with Crippen molar-refractivity contribution in [1.82, 2.24) is 0 Å². The van der Waals surface area contributed by atoms with E-state index in [1.807, 2.05) is 13.8 Å². The van der Waals surface area contributed by atoms with Crippen LogP contribution in [0.1, 0.15) is 19.4 Å². The monoisotopic (exact) mass is 217 g/mol. The van der Waals surface area contributed by atoms with Gasteiger partial charge in [0, 0.05) is 11.3 Å². The van der Waals surface area contributed by atoms with Gasteiger partial charge in [-0.2, -0.15) is 0 Å². The van der Waals surface area contributed by atoms with Gasteiger partial charge in [0.25, 0.3) is 0 Å². The summed E-state index contributed by atoms with van der Waals surface area (Å²) >= 11 is 0. The number of nitrogens with two attached hydrogens (primary N) is 1. The van der Waals surface area contributed by atoms with Gasteiger partial charge in [-0.3, -0.25) is 0 Å². The van der Waals surface area contributed by atoms with Crippen LogP contribution < -0.4 is 5.73 Å². The van der Waals surface area contributed by atoms with Gasteiger partial charge in [-0.1, -0.05) is 0 Å². The van der Waals surface area contributed by atoms with Crippen molar-refractivity contribution in [3.63, 3.8) is 0 Å². The lowest BCUT2D eigenvalue weighted by atomic mass is 10.2. The first kappa shape index (κ1) is 13.1. The summed E-state index contributed by atoms with van der Waals surface area (Å²) in [6.45, 7) is 4.29. The quantitative estimate of drug-likeness (QED) is 0.604. The molecule has 3 nitrogen and oxygen atoms in total. The van der Waals surface area contributed by atoms with E-state index in [9.17, 15) is 5.11 Å². The van der Waals surface area contributed by atoms with E-state index < -0.39 is 0 Å². The molecule has 0 atom stereocenters. The number of anilines is 1. The lowest BCUT2D eigenvalue weighted by Gasteiger charge is -2.09. The summed E-state index contributed by atoms with van der Waals surface area (Å²) in [6.07, 6.45) is 0.154. The second kappa shape index (κ2) is 5.73. The van der Waals surface area contributed by atoms with Gasteiger partial charge >= 0.3 is 0 Å². The fraction of sp³-hybridized carbons (Fsp3) is 0.400. The predicted octanol–water partition coefficient (Wildman–Crippen LogP) is 2.32. The van der Waals surface area contributed by atoms with Crippen molar-refractivity contribution in [3.8, 4) is 5.75 Å². The Labute approximate surface area is 90.3 Å². The van der Waals surface area contributed by atoms with E-state index in [1.165, 1.54) is 0 Å². The molecule has 4 heteroatoms. The van der Waals surface area contributed by atoms with Gasteiger partial charge < -0.3 is 15.6 Å².